The van der Waals surface area contributed by atoms with Crippen molar-refractivity contribution in [2.24, 2.45) is 0 Å². The van der Waals surface area contributed by atoms with Crippen molar-refractivity contribution in [1.82, 2.24) is 0 Å². The molecule has 0 radical (unpaired) electrons. The summed E-state index contributed by atoms with van der Waals surface area (Å²) >= 11 is 0. The Kier molecular flexibility index (Phi) is 17.8. The zero-order chi connectivity index (χ0) is 24.0. The summed E-state index contributed by atoms with van der Waals surface area (Å²) in [6.07, 6.45) is 13.1. The van der Waals surface area contributed by atoms with Gasteiger partial charge < -0.3 is 37.2 Å². The third-order valence-corrected chi connectivity index (χ3v) is 11.7. The second-order valence-corrected chi connectivity index (χ2v) is 15.5. The van der Waals surface area contributed by atoms with E-state index in [2.05, 4.69) is 93.7 Å². The van der Waals surface area contributed by atoms with Gasteiger partial charge in [-0.05, 0) is 47.9 Å². The first-order chi connectivity index (χ1) is 16.6. The van der Waals surface area contributed by atoms with Crippen LogP contribution in [0.15, 0.2) is 60.7 Å². The summed E-state index contributed by atoms with van der Waals surface area (Å²) in [5, 5.41) is 1.64. The average molecular weight is 622 g/mol. The van der Waals surface area contributed by atoms with Gasteiger partial charge in [-0.25, -0.2) is 0 Å². The molecule has 3 aromatic carbocycles. The van der Waals surface area contributed by atoms with E-state index in [4.69, 9.17) is 0 Å². The fourth-order valence-corrected chi connectivity index (χ4v) is 9.36. The molecule has 38 heavy (non-hydrogen) atoms. The molecule has 1 unspecified atom stereocenters. The monoisotopic (exact) mass is 620 g/mol. The van der Waals surface area contributed by atoms with Gasteiger partial charge in [0.2, 0.25) is 0 Å². The van der Waals surface area contributed by atoms with Crippen LogP contribution in [0.2, 0.25) is 13.1 Å². The Bertz CT molecular complexity index is 1020. The Morgan fingerprint density at radius 1 is 0.684 bits per heavy atom. The van der Waals surface area contributed by atoms with Crippen molar-refractivity contribution in [3.63, 3.8) is 0 Å². The molecule has 4 rings (SSSR count). The Hall–Kier alpha value is -0.539. The molecule has 0 N–H and O–H groups in total. The van der Waals surface area contributed by atoms with Crippen LogP contribution in [0.1, 0.15) is 93.0 Å². The summed E-state index contributed by atoms with van der Waals surface area (Å²) in [5.41, 5.74) is 9.40. The minimum atomic E-state index is -1.85. The molecule has 0 fully saturated rings. The van der Waals surface area contributed by atoms with Gasteiger partial charge in [0, 0.05) is 0 Å². The van der Waals surface area contributed by atoms with Crippen molar-refractivity contribution >= 4 is 13.3 Å². The van der Waals surface area contributed by atoms with Crippen molar-refractivity contribution in [3.8, 4) is 11.1 Å². The number of benzene rings is 3. The Labute approximate surface area is 267 Å². The maximum atomic E-state index is 3.68. The van der Waals surface area contributed by atoms with Gasteiger partial charge in [-0.3, -0.25) is 0 Å². The average Bonchev–Trinajstić information content (AvgIpc) is 3.20. The van der Waals surface area contributed by atoms with E-state index in [9.17, 15) is 0 Å². The Balaban J connectivity index is 0.00000342. The molecule has 1 atom stereocenters. The standard InChI is InChI=1S/C33H43Si.3ClH.Ti/c1-5-7-9-11-17-26-23-27(18-12-10-8-6-2)25-28(24-26)34(3,4)33-31-21-15-13-19-29(31)30-20-14-16-22-32(30)33;;;;/h13-16,19-21,23-25,33H,5-12,17-18H2,1-4H3;3*1H;/q-1;;;;+4/p-3. The van der Waals surface area contributed by atoms with Crippen LogP contribution in [0, 0.1) is 6.07 Å². The largest absolute Gasteiger partial charge is 4.00 e. The molecular formula is C33H43Cl3SiTi. The van der Waals surface area contributed by atoms with Gasteiger partial charge in [0.15, 0.2) is 0 Å². The van der Waals surface area contributed by atoms with Crippen molar-refractivity contribution in [2.45, 2.75) is 96.7 Å². The molecular weight excluding hydrogens is 579 g/mol. The molecule has 0 aromatic heterocycles. The SMILES string of the molecule is CCCCCCc1cc(CCCCCC)cc([Si](C)(C)C2c3[c-]cccc3-c3ccccc32)c1.[Cl-].[Cl-].[Cl-].[Ti+4]. The molecule has 1 aliphatic carbocycles. The molecule has 3 aromatic rings. The van der Waals surface area contributed by atoms with E-state index in [1.807, 2.05) is 0 Å². The molecule has 0 saturated carbocycles. The summed E-state index contributed by atoms with van der Waals surface area (Å²) in [6.45, 7) is 9.80. The van der Waals surface area contributed by atoms with E-state index >= 15 is 0 Å². The number of fused-ring (bicyclic) bond motifs is 3. The van der Waals surface area contributed by atoms with E-state index in [-0.39, 0.29) is 58.9 Å². The molecule has 0 amide bonds. The third kappa shape index (κ3) is 8.73. The van der Waals surface area contributed by atoms with Crippen LogP contribution in [-0.4, -0.2) is 8.07 Å². The Morgan fingerprint density at radius 3 is 1.82 bits per heavy atom. The summed E-state index contributed by atoms with van der Waals surface area (Å²) in [6, 6.07) is 27.1. The van der Waals surface area contributed by atoms with Gasteiger partial charge in [0.25, 0.3) is 0 Å². The van der Waals surface area contributed by atoms with Gasteiger partial charge >= 0.3 is 21.7 Å². The van der Waals surface area contributed by atoms with E-state index < -0.39 is 8.07 Å². The predicted molar refractivity (Wildman–Crippen MR) is 152 cm³/mol. The van der Waals surface area contributed by atoms with Crippen molar-refractivity contribution in [3.05, 3.63) is 89.0 Å². The topological polar surface area (TPSA) is 0 Å². The molecule has 0 saturated heterocycles. The van der Waals surface area contributed by atoms with Gasteiger partial charge in [-0.1, -0.05) is 119 Å². The molecule has 204 valence electrons. The maximum absolute atomic E-state index is 3.68. The van der Waals surface area contributed by atoms with E-state index in [1.165, 1.54) is 86.5 Å². The summed E-state index contributed by atoms with van der Waals surface area (Å²) in [5.74, 6) is 0. The van der Waals surface area contributed by atoms with Crippen LogP contribution in [0.5, 0.6) is 0 Å². The minimum absolute atomic E-state index is 0. The minimum Gasteiger partial charge on any atom is -1.00 e. The smallest absolute Gasteiger partial charge is 1.00 e. The van der Waals surface area contributed by atoms with Crippen LogP contribution in [0.3, 0.4) is 0 Å². The number of halogens is 3. The first-order valence-corrected chi connectivity index (χ1v) is 16.9. The molecule has 0 spiro atoms. The van der Waals surface area contributed by atoms with Crippen LogP contribution in [0.4, 0.5) is 0 Å². The van der Waals surface area contributed by atoms with E-state index in [0.29, 0.717) is 5.54 Å². The van der Waals surface area contributed by atoms with E-state index in [1.54, 1.807) is 16.3 Å². The number of aryl methyl sites for hydroxylation is 2. The maximum Gasteiger partial charge on any atom is 4.00 e. The van der Waals surface area contributed by atoms with Crippen molar-refractivity contribution in [1.29, 1.82) is 0 Å². The van der Waals surface area contributed by atoms with Gasteiger partial charge in [-0.2, -0.15) is 24.3 Å². The van der Waals surface area contributed by atoms with E-state index in [0.717, 1.165) is 0 Å². The number of unbranched alkanes of at least 4 members (excludes halogenated alkanes) is 6. The van der Waals surface area contributed by atoms with Crippen molar-refractivity contribution in [2.75, 3.05) is 0 Å². The number of hydrogen-bond donors (Lipinski definition) is 0. The van der Waals surface area contributed by atoms with Gasteiger partial charge in [0.1, 0.15) is 0 Å². The first-order valence-electron chi connectivity index (χ1n) is 13.8. The molecule has 0 nitrogen and oxygen atoms in total. The fraction of sp³-hybridized carbons (Fsp3) is 0.455. The van der Waals surface area contributed by atoms with Gasteiger partial charge in [0.05, 0.1) is 8.07 Å². The second kappa shape index (κ2) is 18.0. The third-order valence-electron chi connectivity index (χ3n) is 7.90. The molecule has 5 heteroatoms. The fourth-order valence-electron chi connectivity index (χ4n) is 5.92. The molecule has 0 heterocycles. The molecule has 1 aliphatic rings. The first kappa shape index (κ1) is 37.5. The summed E-state index contributed by atoms with van der Waals surface area (Å²) in [4.78, 5) is 0. The predicted octanol–water partition coefficient (Wildman–Crippen LogP) is 0.00899. The van der Waals surface area contributed by atoms with Crippen molar-refractivity contribution < 1.29 is 58.9 Å². The van der Waals surface area contributed by atoms with Crippen LogP contribution >= 0.6 is 0 Å². The molecule has 0 bridgehead atoms. The summed E-state index contributed by atoms with van der Waals surface area (Å²) < 4.78 is 0. The summed E-state index contributed by atoms with van der Waals surface area (Å²) in [7, 11) is -1.85. The van der Waals surface area contributed by atoms with Gasteiger partial charge in [-0.15, -0.1) is 11.1 Å². The second-order valence-electron chi connectivity index (χ2n) is 10.9. The molecule has 0 aliphatic heterocycles. The quantitative estimate of drug-likeness (QED) is 0.152. The van der Waals surface area contributed by atoms with Crippen LogP contribution in [-0.2, 0) is 34.6 Å². The zero-order valence-corrected chi connectivity index (χ0v) is 28.4. The zero-order valence-electron chi connectivity index (χ0n) is 23.6. The number of rotatable bonds is 12. The normalized spacial score (nSPS) is 13.2. The Morgan fingerprint density at radius 2 is 1.24 bits per heavy atom. The van der Waals surface area contributed by atoms with Crippen LogP contribution in [0.25, 0.3) is 11.1 Å². The van der Waals surface area contributed by atoms with Crippen LogP contribution < -0.4 is 42.4 Å². The number of hydrogen-bond acceptors (Lipinski definition) is 0.